The van der Waals surface area contributed by atoms with Crippen LogP contribution in [0.5, 0.6) is 0 Å². The lowest BCUT2D eigenvalue weighted by molar-refractivity contribution is -0.138. The number of aromatic nitrogens is 2. The summed E-state index contributed by atoms with van der Waals surface area (Å²) in [5, 5.41) is 9.52. The predicted octanol–water partition coefficient (Wildman–Crippen LogP) is 2.88. The van der Waals surface area contributed by atoms with Crippen LogP contribution in [0.2, 0.25) is 9.49 Å². The quantitative estimate of drug-likeness (QED) is 0.883. The Balaban J connectivity index is 2.11. The SMILES string of the molecule is Cn1c(Cl)cnc1CN(CC(=O)O)Cc1ccc(Cl)s1. The molecule has 20 heavy (non-hydrogen) atoms. The molecular formula is C12H13Cl2N3O2S. The summed E-state index contributed by atoms with van der Waals surface area (Å²) >= 11 is 13.3. The molecule has 8 heteroatoms. The van der Waals surface area contributed by atoms with Gasteiger partial charge in [-0.3, -0.25) is 9.69 Å². The first-order valence-corrected chi connectivity index (χ1v) is 7.37. The van der Waals surface area contributed by atoms with Crippen molar-refractivity contribution in [1.29, 1.82) is 0 Å². The van der Waals surface area contributed by atoms with Crippen LogP contribution in [0, 0.1) is 0 Å². The Morgan fingerprint density at radius 1 is 1.45 bits per heavy atom. The topological polar surface area (TPSA) is 58.4 Å². The highest BCUT2D eigenvalue weighted by molar-refractivity contribution is 7.16. The molecule has 5 nitrogen and oxygen atoms in total. The summed E-state index contributed by atoms with van der Waals surface area (Å²) < 4.78 is 2.42. The minimum absolute atomic E-state index is 0.0694. The first-order valence-electron chi connectivity index (χ1n) is 5.80. The third-order valence-electron chi connectivity index (χ3n) is 2.76. The predicted molar refractivity (Wildman–Crippen MR) is 79.3 cm³/mol. The van der Waals surface area contributed by atoms with Crippen molar-refractivity contribution < 1.29 is 9.90 Å². The van der Waals surface area contributed by atoms with Gasteiger partial charge in [0.15, 0.2) is 0 Å². The van der Waals surface area contributed by atoms with Gasteiger partial charge in [-0.2, -0.15) is 0 Å². The summed E-state index contributed by atoms with van der Waals surface area (Å²) in [6, 6.07) is 3.70. The van der Waals surface area contributed by atoms with Crippen molar-refractivity contribution in [3.05, 3.63) is 38.5 Å². The first kappa shape index (κ1) is 15.3. The Morgan fingerprint density at radius 3 is 2.70 bits per heavy atom. The summed E-state index contributed by atoms with van der Waals surface area (Å²) in [4.78, 5) is 17.9. The van der Waals surface area contributed by atoms with Crippen molar-refractivity contribution in [2.45, 2.75) is 13.1 Å². The number of aliphatic carboxylic acids is 1. The lowest BCUT2D eigenvalue weighted by Gasteiger charge is -2.19. The van der Waals surface area contributed by atoms with Gasteiger partial charge < -0.3 is 9.67 Å². The van der Waals surface area contributed by atoms with Crippen LogP contribution in [-0.4, -0.2) is 32.1 Å². The Morgan fingerprint density at radius 2 is 2.20 bits per heavy atom. The molecule has 0 saturated heterocycles. The van der Waals surface area contributed by atoms with E-state index in [2.05, 4.69) is 4.98 Å². The van der Waals surface area contributed by atoms with Crippen LogP contribution in [0.1, 0.15) is 10.7 Å². The molecule has 2 rings (SSSR count). The molecule has 0 atom stereocenters. The van der Waals surface area contributed by atoms with Crippen LogP contribution in [0.4, 0.5) is 0 Å². The van der Waals surface area contributed by atoms with Crippen LogP contribution in [0.25, 0.3) is 0 Å². The zero-order valence-corrected chi connectivity index (χ0v) is 13.0. The van der Waals surface area contributed by atoms with Crippen molar-refractivity contribution >= 4 is 40.5 Å². The number of carboxylic acids is 1. The normalized spacial score (nSPS) is 11.2. The van der Waals surface area contributed by atoms with Gasteiger partial charge >= 0.3 is 5.97 Å². The standard InChI is InChI=1S/C12H13Cl2N3O2S/c1-16-9(13)4-15-11(16)6-17(7-12(18)19)5-8-2-3-10(14)20-8/h2-4H,5-7H2,1H3,(H,18,19). The zero-order chi connectivity index (χ0) is 14.7. The molecule has 0 aliphatic heterocycles. The molecule has 1 N–H and O–H groups in total. The average Bonchev–Trinajstić information content (AvgIpc) is 2.89. The highest BCUT2D eigenvalue weighted by atomic mass is 35.5. The van der Waals surface area contributed by atoms with Crippen LogP contribution < -0.4 is 0 Å². The molecule has 0 bridgehead atoms. The molecule has 0 aliphatic rings. The minimum atomic E-state index is -0.882. The maximum Gasteiger partial charge on any atom is 0.317 e. The van der Waals surface area contributed by atoms with Gasteiger partial charge in [-0.15, -0.1) is 11.3 Å². The highest BCUT2D eigenvalue weighted by Gasteiger charge is 2.15. The van der Waals surface area contributed by atoms with Gasteiger partial charge in [0.25, 0.3) is 0 Å². The first-order chi connectivity index (χ1) is 9.45. The van der Waals surface area contributed by atoms with Crippen molar-refractivity contribution in [3.8, 4) is 0 Å². The number of hydrogen-bond acceptors (Lipinski definition) is 4. The van der Waals surface area contributed by atoms with E-state index in [1.165, 1.54) is 11.3 Å². The molecule has 0 spiro atoms. The third-order valence-corrected chi connectivity index (χ3v) is 4.33. The van der Waals surface area contributed by atoms with E-state index in [-0.39, 0.29) is 6.54 Å². The Bertz CT molecular complexity index is 612. The van der Waals surface area contributed by atoms with Gasteiger partial charge in [-0.1, -0.05) is 23.2 Å². The summed E-state index contributed by atoms with van der Waals surface area (Å²) in [6.45, 7) is 0.846. The molecule has 0 saturated carbocycles. The second-order valence-corrected chi connectivity index (χ2v) is 6.49. The smallest absolute Gasteiger partial charge is 0.317 e. The van der Waals surface area contributed by atoms with E-state index >= 15 is 0 Å². The van der Waals surface area contributed by atoms with E-state index in [4.69, 9.17) is 28.3 Å². The highest BCUT2D eigenvalue weighted by Crippen LogP contribution is 2.23. The van der Waals surface area contributed by atoms with Gasteiger partial charge in [0.05, 0.1) is 23.6 Å². The molecule has 0 aromatic carbocycles. The summed E-state index contributed by atoms with van der Waals surface area (Å²) in [6.07, 6.45) is 1.55. The fourth-order valence-electron chi connectivity index (χ4n) is 1.79. The van der Waals surface area contributed by atoms with Gasteiger partial charge in [0, 0.05) is 18.5 Å². The number of carboxylic acid groups (broad SMARTS) is 1. The summed E-state index contributed by atoms with van der Waals surface area (Å²) in [5.74, 6) is -0.160. The zero-order valence-electron chi connectivity index (χ0n) is 10.7. The second-order valence-electron chi connectivity index (χ2n) is 4.30. The average molecular weight is 334 g/mol. The number of rotatable bonds is 6. The largest absolute Gasteiger partial charge is 0.480 e. The van der Waals surface area contributed by atoms with Crippen molar-refractivity contribution in [2.75, 3.05) is 6.54 Å². The fourth-order valence-corrected chi connectivity index (χ4v) is 3.06. The molecule has 108 valence electrons. The molecule has 2 aromatic heterocycles. The van der Waals surface area contributed by atoms with E-state index in [0.29, 0.717) is 22.6 Å². The van der Waals surface area contributed by atoms with E-state index in [1.807, 2.05) is 6.07 Å². The van der Waals surface area contributed by atoms with Crippen molar-refractivity contribution in [1.82, 2.24) is 14.5 Å². The summed E-state index contributed by atoms with van der Waals surface area (Å²) in [5.41, 5.74) is 0. The van der Waals surface area contributed by atoms with E-state index in [1.54, 1.807) is 28.8 Å². The Hall–Kier alpha value is -1.08. The van der Waals surface area contributed by atoms with E-state index in [0.717, 1.165) is 10.7 Å². The summed E-state index contributed by atoms with van der Waals surface area (Å²) in [7, 11) is 1.80. The molecule has 0 aliphatic carbocycles. The van der Waals surface area contributed by atoms with Gasteiger partial charge in [-0.25, -0.2) is 4.98 Å². The molecule has 0 radical (unpaired) electrons. The van der Waals surface area contributed by atoms with E-state index < -0.39 is 5.97 Å². The lowest BCUT2D eigenvalue weighted by atomic mass is 10.4. The van der Waals surface area contributed by atoms with Crippen LogP contribution in [0.15, 0.2) is 18.3 Å². The fraction of sp³-hybridized carbons (Fsp3) is 0.333. The number of imidazole rings is 1. The van der Waals surface area contributed by atoms with Crippen LogP contribution in [0.3, 0.4) is 0 Å². The maximum atomic E-state index is 11.0. The Labute approximate surface area is 130 Å². The molecule has 0 fully saturated rings. The molecule has 0 amide bonds. The number of thiophene rings is 1. The number of hydrogen-bond donors (Lipinski definition) is 1. The van der Waals surface area contributed by atoms with Crippen molar-refractivity contribution in [2.24, 2.45) is 7.05 Å². The Kier molecular flexibility index (Phi) is 5.04. The molecule has 0 unspecified atom stereocenters. The molecule has 2 heterocycles. The minimum Gasteiger partial charge on any atom is -0.480 e. The monoisotopic (exact) mass is 333 g/mol. The molecular weight excluding hydrogens is 321 g/mol. The van der Waals surface area contributed by atoms with E-state index in [9.17, 15) is 4.79 Å². The van der Waals surface area contributed by atoms with Gasteiger partial charge in [0.1, 0.15) is 11.0 Å². The lowest BCUT2D eigenvalue weighted by Crippen LogP contribution is -2.29. The number of halogens is 2. The number of nitrogens with zero attached hydrogens (tertiary/aromatic N) is 3. The number of carbonyl (C=O) groups is 1. The van der Waals surface area contributed by atoms with Crippen molar-refractivity contribution in [3.63, 3.8) is 0 Å². The maximum absolute atomic E-state index is 11.0. The third kappa shape index (κ3) is 3.96. The van der Waals surface area contributed by atoms with Crippen LogP contribution >= 0.6 is 34.5 Å². The van der Waals surface area contributed by atoms with Gasteiger partial charge in [-0.05, 0) is 12.1 Å². The van der Waals surface area contributed by atoms with Gasteiger partial charge in [0.2, 0.25) is 0 Å². The van der Waals surface area contributed by atoms with Crippen LogP contribution in [-0.2, 0) is 24.9 Å². The molecule has 2 aromatic rings. The second kappa shape index (κ2) is 6.58.